The molecule has 2 heteroatoms. The van der Waals surface area contributed by atoms with E-state index in [2.05, 4.69) is 49.9 Å². The summed E-state index contributed by atoms with van der Waals surface area (Å²) in [7, 11) is 0. The average Bonchev–Trinajstić information content (AvgIpc) is 2.92. The third kappa shape index (κ3) is 3.17. The molecule has 2 rings (SSSR count). The van der Waals surface area contributed by atoms with Crippen molar-refractivity contribution in [2.75, 3.05) is 18.0 Å². The lowest BCUT2D eigenvalue weighted by Gasteiger charge is -2.28. The number of anilines is 1. The molecule has 1 aromatic rings. The molecule has 0 aromatic heterocycles. The highest BCUT2D eigenvalue weighted by atomic mass is 15.2. The summed E-state index contributed by atoms with van der Waals surface area (Å²) in [5, 5.41) is 0. The van der Waals surface area contributed by atoms with E-state index in [1.54, 1.807) is 0 Å². The molecule has 1 aromatic carbocycles. The number of hydrogen-bond donors (Lipinski definition) is 1. The standard InChI is InChI=1S/C18H30N2/c1-4-16(19)13-15-9-7-8-10-17(15)20-12-11-18(5-2,6-3)14-20/h7-10,16H,4-6,11-14,19H2,1-3H3. The van der Waals surface area contributed by atoms with Crippen LogP contribution in [0.5, 0.6) is 0 Å². The fourth-order valence-corrected chi connectivity index (χ4v) is 3.39. The highest BCUT2D eigenvalue weighted by molar-refractivity contribution is 5.55. The Bertz CT molecular complexity index is 423. The highest BCUT2D eigenvalue weighted by Gasteiger charge is 2.35. The van der Waals surface area contributed by atoms with E-state index < -0.39 is 0 Å². The first-order valence-electron chi connectivity index (χ1n) is 8.22. The van der Waals surface area contributed by atoms with Crippen molar-refractivity contribution in [3.05, 3.63) is 29.8 Å². The van der Waals surface area contributed by atoms with E-state index in [4.69, 9.17) is 5.73 Å². The molecule has 0 spiro atoms. The molecule has 0 aliphatic carbocycles. The van der Waals surface area contributed by atoms with E-state index in [-0.39, 0.29) is 6.04 Å². The maximum Gasteiger partial charge on any atom is 0.0399 e. The maximum atomic E-state index is 6.16. The molecule has 1 aliphatic rings. The Labute approximate surface area is 124 Å². The van der Waals surface area contributed by atoms with E-state index in [9.17, 15) is 0 Å². The van der Waals surface area contributed by atoms with E-state index in [0.29, 0.717) is 5.41 Å². The summed E-state index contributed by atoms with van der Waals surface area (Å²) < 4.78 is 0. The van der Waals surface area contributed by atoms with Crippen molar-refractivity contribution in [3.63, 3.8) is 0 Å². The molecular formula is C18H30N2. The van der Waals surface area contributed by atoms with Crippen molar-refractivity contribution >= 4 is 5.69 Å². The smallest absolute Gasteiger partial charge is 0.0399 e. The van der Waals surface area contributed by atoms with Gasteiger partial charge in [-0.25, -0.2) is 0 Å². The predicted octanol–water partition coefficient (Wildman–Crippen LogP) is 3.98. The largest absolute Gasteiger partial charge is 0.371 e. The van der Waals surface area contributed by atoms with Gasteiger partial charge in [-0.15, -0.1) is 0 Å². The Morgan fingerprint density at radius 1 is 1.20 bits per heavy atom. The lowest BCUT2D eigenvalue weighted by Crippen LogP contribution is -2.28. The molecule has 1 fully saturated rings. The Hall–Kier alpha value is -1.02. The van der Waals surface area contributed by atoms with Gasteiger partial charge in [0, 0.05) is 24.8 Å². The van der Waals surface area contributed by atoms with Crippen molar-refractivity contribution in [1.82, 2.24) is 0 Å². The second kappa shape index (κ2) is 6.62. The van der Waals surface area contributed by atoms with Gasteiger partial charge in [0.1, 0.15) is 0 Å². The first-order chi connectivity index (χ1) is 9.64. The molecule has 112 valence electrons. The third-order valence-electron chi connectivity index (χ3n) is 5.28. The van der Waals surface area contributed by atoms with Crippen LogP contribution in [-0.2, 0) is 6.42 Å². The fourth-order valence-electron chi connectivity index (χ4n) is 3.39. The molecule has 20 heavy (non-hydrogen) atoms. The van der Waals surface area contributed by atoms with Gasteiger partial charge in [0.2, 0.25) is 0 Å². The van der Waals surface area contributed by atoms with Crippen LogP contribution < -0.4 is 10.6 Å². The van der Waals surface area contributed by atoms with E-state index >= 15 is 0 Å². The summed E-state index contributed by atoms with van der Waals surface area (Å²) in [6.07, 6.45) is 5.94. The van der Waals surface area contributed by atoms with E-state index in [1.807, 2.05) is 0 Å². The van der Waals surface area contributed by atoms with Gasteiger partial charge in [0.05, 0.1) is 0 Å². The minimum Gasteiger partial charge on any atom is -0.371 e. The zero-order valence-corrected chi connectivity index (χ0v) is 13.4. The number of benzene rings is 1. The van der Waals surface area contributed by atoms with Crippen LogP contribution in [0.25, 0.3) is 0 Å². The summed E-state index contributed by atoms with van der Waals surface area (Å²) in [6, 6.07) is 9.11. The monoisotopic (exact) mass is 274 g/mol. The fraction of sp³-hybridized carbons (Fsp3) is 0.667. The quantitative estimate of drug-likeness (QED) is 0.850. The zero-order valence-electron chi connectivity index (χ0n) is 13.4. The van der Waals surface area contributed by atoms with Crippen LogP contribution in [0.15, 0.2) is 24.3 Å². The van der Waals surface area contributed by atoms with Crippen molar-refractivity contribution in [2.24, 2.45) is 11.1 Å². The van der Waals surface area contributed by atoms with Crippen molar-refractivity contribution in [1.29, 1.82) is 0 Å². The van der Waals surface area contributed by atoms with Gasteiger partial charge in [-0.2, -0.15) is 0 Å². The molecule has 1 unspecified atom stereocenters. The van der Waals surface area contributed by atoms with Crippen molar-refractivity contribution in [2.45, 2.75) is 58.9 Å². The normalized spacial score (nSPS) is 19.3. The Kier molecular flexibility index (Phi) is 5.09. The Balaban J connectivity index is 2.17. The molecule has 1 saturated heterocycles. The second-order valence-electron chi connectivity index (χ2n) is 6.38. The molecule has 0 radical (unpaired) electrons. The number of hydrogen-bond acceptors (Lipinski definition) is 2. The molecule has 0 saturated carbocycles. The second-order valence-corrected chi connectivity index (χ2v) is 6.38. The molecule has 0 amide bonds. The van der Waals surface area contributed by atoms with Gasteiger partial charge in [-0.3, -0.25) is 0 Å². The SMILES string of the molecule is CCC(N)Cc1ccccc1N1CCC(CC)(CC)C1. The topological polar surface area (TPSA) is 29.3 Å². The molecule has 1 aliphatic heterocycles. The predicted molar refractivity (Wildman–Crippen MR) is 88.3 cm³/mol. The number of nitrogens with two attached hydrogens (primary N) is 1. The van der Waals surface area contributed by atoms with Gasteiger partial charge < -0.3 is 10.6 Å². The minimum absolute atomic E-state index is 0.279. The summed E-state index contributed by atoms with van der Waals surface area (Å²) in [4.78, 5) is 2.59. The van der Waals surface area contributed by atoms with E-state index in [1.165, 1.54) is 43.6 Å². The average molecular weight is 274 g/mol. The van der Waals surface area contributed by atoms with Crippen LogP contribution in [0.4, 0.5) is 5.69 Å². The van der Waals surface area contributed by atoms with Crippen molar-refractivity contribution in [3.8, 4) is 0 Å². The summed E-state index contributed by atoms with van der Waals surface area (Å²) in [6.45, 7) is 9.25. The molecule has 1 atom stereocenters. The van der Waals surface area contributed by atoms with E-state index in [0.717, 1.165) is 12.8 Å². The molecule has 0 bridgehead atoms. The summed E-state index contributed by atoms with van der Waals surface area (Å²) in [5.41, 5.74) is 9.53. The highest BCUT2D eigenvalue weighted by Crippen LogP contribution is 2.39. The first kappa shape index (κ1) is 15.4. The zero-order chi connectivity index (χ0) is 14.6. The molecule has 2 N–H and O–H groups in total. The van der Waals surface area contributed by atoms with Gasteiger partial charge in [-0.1, -0.05) is 39.0 Å². The van der Waals surface area contributed by atoms with Gasteiger partial charge in [-0.05, 0) is 49.1 Å². The minimum atomic E-state index is 0.279. The van der Waals surface area contributed by atoms with Crippen LogP contribution in [-0.4, -0.2) is 19.1 Å². The van der Waals surface area contributed by atoms with Crippen LogP contribution in [0.1, 0.15) is 52.0 Å². The van der Waals surface area contributed by atoms with Gasteiger partial charge in [0.25, 0.3) is 0 Å². The van der Waals surface area contributed by atoms with Gasteiger partial charge in [0.15, 0.2) is 0 Å². The molecule has 1 heterocycles. The first-order valence-corrected chi connectivity index (χ1v) is 8.22. The maximum absolute atomic E-state index is 6.16. The summed E-state index contributed by atoms with van der Waals surface area (Å²) in [5.74, 6) is 0. The molecular weight excluding hydrogens is 244 g/mol. The van der Waals surface area contributed by atoms with Crippen molar-refractivity contribution < 1.29 is 0 Å². The third-order valence-corrected chi connectivity index (χ3v) is 5.28. The lowest BCUT2D eigenvalue weighted by atomic mass is 9.82. The van der Waals surface area contributed by atoms with Crippen LogP contribution in [0.3, 0.4) is 0 Å². The number of rotatable bonds is 6. The summed E-state index contributed by atoms with van der Waals surface area (Å²) >= 11 is 0. The van der Waals surface area contributed by atoms with Crippen LogP contribution in [0, 0.1) is 5.41 Å². The molecule has 2 nitrogen and oxygen atoms in total. The lowest BCUT2D eigenvalue weighted by molar-refractivity contribution is 0.301. The van der Waals surface area contributed by atoms with Crippen LogP contribution >= 0.6 is 0 Å². The Morgan fingerprint density at radius 3 is 2.50 bits per heavy atom. The number of para-hydroxylation sites is 1. The van der Waals surface area contributed by atoms with Crippen LogP contribution in [0.2, 0.25) is 0 Å². The van der Waals surface area contributed by atoms with Gasteiger partial charge >= 0.3 is 0 Å². The number of nitrogens with zero attached hydrogens (tertiary/aromatic N) is 1. The Morgan fingerprint density at radius 2 is 1.90 bits per heavy atom.